The molecule has 0 bridgehead atoms. The van der Waals surface area contributed by atoms with E-state index in [9.17, 15) is 21.6 Å². The maximum atomic E-state index is 12.2. The first kappa shape index (κ1) is 18.0. The molecule has 0 saturated heterocycles. The van der Waals surface area contributed by atoms with Crippen LogP contribution in [0.4, 0.5) is 13.2 Å². The van der Waals surface area contributed by atoms with E-state index in [0.29, 0.717) is 18.5 Å². The standard InChI is InChI=1S/C14H20F3NO2S/c1-3-18-13(8-5-9-14(15,16)17)11-6-4-7-12(10-11)21(2,19)20/h4,6-7,10,13,18H,3,5,8-9H2,1-2H3. The van der Waals surface area contributed by atoms with Crippen LogP contribution in [0.3, 0.4) is 0 Å². The first-order valence-corrected chi connectivity index (χ1v) is 8.63. The predicted molar refractivity (Wildman–Crippen MR) is 75.9 cm³/mol. The summed E-state index contributed by atoms with van der Waals surface area (Å²) in [4.78, 5) is 0.179. The number of benzene rings is 1. The Morgan fingerprint density at radius 1 is 1.29 bits per heavy atom. The zero-order chi connectivity index (χ0) is 16.1. The summed E-state index contributed by atoms with van der Waals surface area (Å²) < 4.78 is 59.7. The van der Waals surface area contributed by atoms with Crippen LogP contribution in [0, 0.1) is 0 Å². The van der Waals surface area contributed by atoms with Gasteiger partial charge in [0.15, 0.2) is 9.84 Å². The van der Waals surface area contributed by atoms with Crippen LogP contribution in [0.25, 0.3) is 0 Å². The van der Waals surface area contributed by atoms with Crippen molar-refractivity contribution in [2.75, 3.05) is 12.8 Å². The summed E-state index contributed by atoms with van der Waals surface area (Å²) in [5.41, 5.74) is 0.696. The molecule has 7 heteroatoms. The molecule has 0 aliphatic carbocycles. The minimum atomic E-state index is -4.16. The van der Waals surface area contributed by atoms with Gasteiger partial charge in [0.05, 0.1) is 4.90 Å². The maximum Gasteiger partial charge on any atom is 0.389 e. The average molecular weight is 323 g/mol. The number of rotatable bonds is 7. The fourth-order valence-electron chi connectivity index (χ4n) is 2.10. The molecule has 0 spiro atoms. The Kier molecular flexibility index (Phi) is 6.22. The average Bonchev–Trinajstić information content (AvgIpc) is 2.35. The number of hydrogen-bond donors (Lipinski definition) is 1. The minimum Gasteiger partial charge on any atom is -0.310 e. The fraction of sp³-hybridized carbons (Fsp3) is 0.571. The molecule has 0 aromatic heterocycles. The van der Waals surface area contributed by atoms with Crippen molar-refractivity contribution in [3.63, 3.8) is 0 Å². The molecule has 1 rings (SSSR count). The van der Waals surface area contributed by atoms with Gasteiger partial charge in [0.25, 0.3) is 0 Å². The van der Waals surface area contributed by atoms with Crippen LogP contribution in [0.15, 0.2) is 29.2 Å². The molecule has 1 aromatic rings. The zero-order valence-corrected chi connectivity index (χ0v) is 12.9. The Labute approximate surface area is 123 Å². The van der Waals surface area contributed by atoms with Gasteiger partial charge >= 0.3 is 6.18 Å². The van der Waals surface area contributed by atoms with Crippen LogP contribution in [-0.2, 0) is 9.84 Å². The van der Waals surface area contributed by atoms with E-state index in [2.05, 4.69) is 5.32 Å². The molecule has 0 aliphatic heterocycles. The molecule has 0 heterocycles. The molecule has 120 valence electrons. The van der Waals surface area contributed by atoms with Gasteiger partial charge < -0.3 is 5.32 Å². The quantitative estimate of drug-likeness (QED) is 0.836. The van der Waals surface area contributed by atoms with Gasteiger partial charge in [0.2, 0.25) is 0 Å². The van der Waals surface area contributed by atoms with E-state index in [1.54, 1.807) is 12.1 Å². The lowest BCUT2D eigenvalue weighted by molar-refractivity contribution is -0.135. The highest BCUT2D eigenvalue weighted by atomic mass is 32.2. The summed E-state index contributed by atoms with van der Waals surface area (Å²) in [6.45, 7) is 2.46. The van der Waals surface area contributed by atoms with E-state index in [4.69, 9.17) is 0 Å². The van der Waals surface area contributed by atoms with E-state index in [0.717, 1.165) is 6.26 Å². The fourth-order valence-corrected chi connectivity index (χ4v) is 2.78. The molecule has 21 heavy (non-hydrogen) atoms. The summed E-state index contributed by atoms with van der Waals surface area (Å²) in [5, 5.41) is 3.10. The smallest absolute Gasteiger partial charge is 0.310 e. The van der Waals surface area contributed by atoms with Crippen molar-refractivity contribution in [1.82, 2.24) is 5.32 Å². The Balaban J connectivity index is 2.85. The van der Waals surface area contributed by atoms with Gasteiger partial charge in [0, 0.05) is 18.7 Å². The lowest BCUT2D eigenvalue weighted by atomic mass is 10.0. The van der Waals surface area contributed by atoms with E-state index in [1.807, 2.05) is 6.92 Å². The number of alkyl halides is 3. The van der Waals surface area contributed by atoms with Crippen LogP contribution in [-0.4, -0.2) is 27.4 Å². The highest BCUT2D eigenvalue weighted by Crippen LogP contribution is 2.27. The normalized spacial score (nSPS) is 14.1. The second-order valence-corrected chi connectivity index (χ2v) is 6.98. The summed E-state index contributed by atoms with van der Waals surface area (Å²) in [6, 6.07) is 6.07. The molecule has 0 amide bonds. The van der Waals surface area contributed by atoms with Gasteiger partial charge in [-0.25, -0.2) is 8.42 Å². The molecule has 0 saturated carbocycles. The first-order chi connectivity index (χ1) is 9.63. The monoisotopic (exact) mass is 323 g/mol. The molecule has 3 nitrogen and oxygen atoms in total. The van der Waals surface area contributed by atoms with E-state index < -0.39 is 22.4 Å². The van der Waals surface area contributed by atoms with Crippen molar-refractivity contribution in [2.45, 2.75) is 43.3 Å². The molecular formula is C14H20F3NO2S. The summed E-state index contributed by atoms with van der Waals surface area (Å²) in [6.07, 6.45) is -3.57. The summed E-state index contributed by atoms with van der Waals surface area (Å²) >= 11 is 0. The summed E-state index contributed by atoms with van der Waals surface area (Å²) in [5.74, 6) is 0. The molecule has 0 fully saturated rings. The molecule has 1 atom stereocenters. The largest absolute Gasteiger partial charge is 0.389 e. The van der Waals surface area contributed by atoms with Crippen LogP contribution < -0.4 is 5.32 Å². The zero-order valence-electron chi connectivity index (χ0n) is 12.1. The van der Waals surface area contributed by atoms with E-state index >= 15 is 0 Å². The third-order valence-corrected chi connectivity index (χ3v) is 4.20. The molecule has 1 unspecified atom stereocenters. The molecule has 0 radical (unpaired) electrons. The molecule has 1 aromatic carbocycles. The van der Waals surface area contributed by atoms with Crippen LogP contribution >= 0.6 is 0 Å². The van der Waals surface area contributed by atoms with E-state index in [-0.39, 0.29) is 17.4 Å². The van der Waals surface area contributed by atoms with Crippen LogP contribution in [0.2, 0.25) is 0 Å². The summed E-state index contributed by atoms with van der Waals surface area (Å²) in [7, 11) is -3.33. The molecule has 0 aliphatic rings. The Morgan fingerprint density at radius 3 is 2.48 bits per heavy atom. The van der Waals surface area contributed by atoms with Crippen molar-refractivity contribution < 1.29 is 21.6 Å². The van der Waals surface area contributed by atoms with Gasteiger partial charge in [0.1, 0.15) is 0 Å². The van der Waals surface area contributed by atoms with Gasteiger partial charge in [-0.1, -0.05) is 19.1 Å². The predicted octanol–water partition coefficient (Wildman–Crippen LogP) is 3.47. The third-order valence-electron chi connectivity index (χ3n) is 3.09. The van der Waals surface area contributed by atoms with Gasteiger partial charge in [-0.2, -0.15) is 13.2 Å². The lowest BCUT2D eigenvalue weighted by Crippen LogP contribution is -2.22. The van der Waals surface area contributed by atoms with Crippen molar-refractivity contribution >= 4 is 9.84 Å². The van der Waals surface area contributed by atoms with Crippen molar-refractivity contribution in [1.29, 1.82) is 0 Å². The third kappa shape index (κ3) is 6.48. The number of halogens is 3. The van der Waals surface area contributed by atoms with Gasteiger partial charge in [-0.15, -0.1) is 0 Å². The number of sulfone groups is 1. The second kappa shape index (κ2) is 7.26. The van der Waals surface area contributed by atoms with Gasteiger partial charge in [-0.05, 0) is 37.1 Å². The van der Waals surface area contributed by atoms with Crippen LogP contribution in [0.5, 0.6) is 0 Å². The maximum absolute atomic E-state index is 12.2. The Hall–Kier alpha value is -1.08. The number of nitrogens with one attached hydrogen (secondary N) is 1. The van der Waals surface area contributed by atoms with Crippen LogP contribution in [0.1, 0.15) is 37.8 Å². The second-order valence-electron chi connectivity index (χ2n) is 4.96. The lowest BCUT2D eigenvalue weighted by Gasteiger charge is -2.19. The highest BCUT2D eigenvalue weighted by molar-refractivity contribution is 7.90. The Bertz CT molecular complexity index is 556. The SMILES string of the molecule is CCNC(CCCC(F)(F)F)c1cccc(S(C)(=O)=O)c1. The first-order valence-electron chi connectivity index (χ1n) is 6.73. The Morgan fingerprint density at radius 2 is 1.95 bits per heavy atom. The van der Waals surface area contributed by atoms with Gasteiger partial charge in [-0.3, -0.25) is 0 Å². The number of hydrogen-bond acceptors (Lipinski definition) is 3. The van der Waals surface area contributed by atoms with E-state index in [1.165, 1.54) is 12.1 Å². The van der Waals surface area contributed by atoms with Crippen molar-refractivity contribution in [3.8, 4) is 0 Å². The molecular weight excluding hydrogens is 303 g/mol. The van der Waals surface area contributed by atoms with Crippen molar-refractivity contribution in [2.24, 2.45) is 0 Å². The molecule has 1 N–H and O–H groups in total. The highest BCUT2D eigenvalue weighted by Gasteiger charge is 2.27. The topological polar surface area (TPSA) is 46.2 Å². The minimum absolute atomic E-state index is 0.00424. The van der Waals surface area contributed by atoms with Crippen molar-refractivity contribution in [3.05, 3.63) is 29.8 Å².